The van der Waals surface area contributed by atoms with Crippen LogP contribution in [-0.4, -0.2) is 107 Å². The van der Waals surface area contributed by atoms with Crippen LogP contribution in [0.1, 0.15) is 18.9 Å². The number of rotatable bonds is 9. The Hall–Kier alpha value is -2.61. The zero-order valence-electron chi connectivity index (χ0n) is 19.6. The lowest BCUT2D eigenvalue weighted by atomic mass is 10.1. The fourth-order valence-electron chi connectivity index (χ4n) is 1.84. The molecular formula is C21H39N3O9. The molecule has 0 saturated heterocycles. The van der Waals surface area contributed by atoms with Crippen molar-refractivity contribution in [3.8, 4) is 0 Å². The molecule has 0 amide bonds. The number of quaternary nitrogens is 1. The van der Waals surface area contributed by atoms with E-state index in [-0.39, 0.29) is 19.6 Å². The lowest BCUT2D eigenvalue weighted by Gasteiger charge is -2.26. The maximum Gasteiger partial charge on any atom is 0.320 e. The Labute approximate surface area is 194 Å². The van der Waals surface area contributed by atoms with Crippen LogP contribution in [0.15, 0.2) is 30.3 Å². The predicted molar refractivity (Wildman–Crippen MR) is 120 cm³/mol. The largest absolute Gasteiger partial charge is 0.550 e. The quantitative estimate of drug-likeness (QED) is 0.180. The third kappa shape index (κ3) is 31.7. The first-order valence-corrected chi connectivity index (χ1v) is 9.97. The predicted octanol–water partition coefficient (Wildman–Crippen LogP) is -2.78. The van der Waals surface area contributed by atoms with Crippen molar-refractivity contribution in [2.45, 2.75) is 38.0 Å². The number of hydrogen-bond donors (Lipinski definition) is 7. The number of carboxylic acid groups (broad SMARTS) is 3. The maximum atomic E-state index is 10.4. The second kappa shape index (κ2) is 20.0. The van der Waals surface area contributed by atoms with Crippen LogP contribution in [-0.2, 0) is 20.8 Å². The van der Waals surface area contributed by atoms with Gasteiger partial charge in [0.1, 0.15) is 18.7 Å². The van der Waals surface area contributed by atoms with Gasteiger partial charge < -0.3 is 51.4 Å². The molecule has 9 N–H and O–H groups in total. The molecule has 0 aromatic heterocycles. The molecule has 0 heterocycles. The molecule has 0 aliphatic carbocycles. The Bertz CT molecular complexity index is 650. The minimum atomic E-state index is -1.20. The summed E-state index contributed by atoms with van der Waals surface area (Å²) in [5.41, 5.74) is 10.9. The molecule has 0 aliphatic rings. The number of nitrogens with zero attached hydrogens (tertiary/aromatic N) is 1. The summed E-state index contributed by atoms with van der Waals surface area (Å²) in [6.45, 7) is 1.54. The van der Waals surface area contributed by atoms with Crippen LogP contribution in [0, 0.1) is 0 Å². The Morgan fingerprint density at radius 1 is 1.06 bits per heavy atom. The molecule has 12 heteroatoms. The summed E-state index contributed by atoms with van der Waals surface area (Å²) in [6, 6.07) is 8.54. The molecule has 192 valence electrons. The van der Waals surface area contributed by atoms with Crippen LogP contribution in [0.3, 0.4) is 0 Å². The first-order valence-electron chi connectivity index (χ1n) is 9.97. The number of aliphatic carboxylic acids is 3. The van der Waals surface area contributed by atoms with E-state index in [1.165, 1.54) is 6.92 Å². The van der Waals surface area contributed by atoms with Gasteiger partial charge in [0.15, 0.2) is 0 Å². The molecule has 3 unspecified atom stereocenters. The third-order valence-corrected chi connectivity index (χ3v) is 3.22. The Kier molecular flexibility index (Phi) is 21.2. The Morgan fingerprint density at radius 3 is 1.76 bits per heavy atom. The van der Waals surface area contributed by atoms with Crippen LogP contribution in [0.4, 0.5) is 0 Å². The molecule has 33 heavy (non-hydrogen) atoms. The van der Waals surface area contributed by atoms with E-state index in [0.29, 0.717) is 17.4 Å². The highest BCUT2D eigenvalue weighted by Gasteiger charge is 2.15. The molecule has 3 atom stereocenters. The van der Waals surface area contributed by atoms with Gasteiger partial charge >= 0.3 is 11.9 Å². The highest BCUT2D eigenvalue weighted by atomic mass is 16.4. The molecular weight excluding hydrogens is 438 g/mol. The molecule has 1 aromatic carbocycles. The van der Waals surface area contributed by atoms with Gasteiger partial charge in [-0.15, -0.1) is 0 Å². The Morgan fingerprint density at radius 2 is 1.48 bits per heavy atom. The van der Waals surface area contributed by atoms with Crippen molar-refractivity contribution in [2.75, 3.05) is 40.8 Å². The lowest BCUT2D eigenvalue weighted by molar-refractivity contribution is -0.873. The van der Waals surface area contributed by atoms with Gasteiger partial charge in [0, 0.05) is 12.4 Å². The van der Waals surface area contributed by atoms with E-state index in [1.54, 1.807) is 0 Å². The van der Waals surface area contributed by atoms with E-state index >= 15 is 0 Å². The van der Waals surface area contributed by atoms with Gasteiger partial charge in [-0.3, -0.25) is 9.59 Å². The Balaban J connectivity index is -0.000000394. The summed E-state index contributed by atoms with van der Waals surface area (Å²) < 4.78 is 0.550. The number of aliphatic hydroxyl groups excluding tert-OH is 3. The van der Waals surface area contributed by atoms with E-state index in [9.17, 15) is 19.5 Å². The second-order valence-electron chi connectivity index (χ2n) is 7.97. The smallest absolute Gasteiger partial charge is 0.320 e. The van der Waals surface area contributed by atoms with Crippen LogP contribution in [0.25, 0.3) is 0 Å². The number of carbonyl (C=O) groups is 3. The minimum Gasteiger partial charge on any atom is -0.550 e. The number of aliphatic hydroxyl groups is 3. The maximum absolute atomic E-state index is 10.4. The molecule has 0 saturated carbocycles. The third-order valence-electron chi connectivity index (χ3n) is 3.22. The zero-order valence-corrected chi connectivity index (χ0v) is 19.6. The van der Waals surface area contributed by atoms with Crippen molar-refractivity contribution in [1.29, 1.82) is 0 Å². The molecule has 0 fully saturated rings. The van der Waals surface area contributed by atoms with E-state index < -0.39 is 36.2 Å². The monoisotopic (exact) mass is 477 g/mol. The lowest BCUT2D eigenvalue weighted by Crippen LogP contribution is -2.43. The number of carboxylic acids is 3. The van der Waals surface area contributed by atoms with Crippen molar-refractivity contribution < 1.29 is 49.5 Å². The average molecular weight is 478 g/mol. The normalized spacial score (nSPS) is 12.8. The fourth-order valence-corrected chi connectivity index (χ4v) is 1.84. The molecule has 1 aromatic rings. The second-order valence-corrected chi connectivity index (χ2v) is 7.97. The van der Waals surface area contributed by atoms with Crippen molar-refractivity contribution in [1.82, 2.24) is 0 Å². The first kappa shape index (κ1) is 35.0. The SMILES string of the molecule is CC(O)CO.C[N+](C)(C)CC(O)CC(=O)[O-].NC(Cc1ccccc1)C(=O)O.NCC(=O)O. The number of carbonyl (C=O) groups excluding carboxylic acids is 1. The van der Waals surface area contributed by atoms with E-state index in [1.807, 2.05) is 51.5 Å². The summed E-state index contributed by atoms with van der Waals surface area (Å²) >= 11 is 0. The first-order chi connectivity index (χ1) is 15.0. The minimum absolute atomic E-state index is 0.139. The van der Waals surface area contributed by atoms with Crippen LogP contribution in [0.2, 0.25) is 0 Å². The van der Waals surface area contributed by atoms with Gasteiger partial charge in [0.25, 0.3) is 0 Å². The number of nitrogens with two attached hydrogens (primary N) is 2. The van der Waals surface area contributed by atoms with Crippen molar-refractivity contribution in [3.63, 3.8) is 0 Å². The van der Waals surface area contributed by atoms with E-state index in [0.717, 1.165) is 5.56 Å². The number of likely N-dealkylation sites (N-methyl/N-ethyl adjacent to an activating group) is 1. The molecule has 0 radical (unpaired) electrons. The number of hydrogen-bond acceptors (Lipinski definition) is 9. The summed E-state index contributed by atoms with van der Waals surface area (Å²) in [4.78, 5) is 29.6. The van der Waals surface area contributed by atoms with E-state index in [2.05, 4.69) is 5.73 Å². The fraction of sp³-hybridized carbons (Fsp3) is 0.571. The summed E-state index contributed by atoms with van der Waals surface area (Å²) in [5, 5.41) is 51.3. The topological polar surface area (TPSA) is 227 Å². The van der Waals surface area contributed by atoms with Crippen molar-refractivity contribution in [2.24, 2.45) is 11.5 Å². The number of benzene rings is 1. The van der Waals surface area contributed by atoms with Crippen molar-refractivity contribution >= 4 is 17.9 Å². The van der Waals surface area contributed by atoms with Crippen LogP contribution < -0.4 is 16.6 Å². The molecule has 1 rings (SSSR count). The summed E-state index contributed by atoms with van der Waals surface area (Å²) in [5.74, 6) is -3.13. The molecule has 0 spiro atoms. The molecule has 0 aliphatic heterocycles. The highest BCUT2D eigenvalue weighted by Crippen LogP contribution is 2.01. The van der Waals surface area contributed by atoms with Gasteiger partial charge in [-0.1, -0.05) is 30.3 Å². The van der Waals surface area contributed by atoms with Crippen LogP contribution in [0.5, 0.6) is 0 Å². The zero-order chi connectivity index (χ0) is 26.6. The van der Waals surface area contributed by atoms with E-state index in [4.69, 9.17) is 31.3 Å². The van der Waals surface area contributed by atoms with Crippen molar-refractivity contribution in [3.05, 3.63) is 35.9 Å². The summed E-state index contributed by atoms with van der Waals surface area (Å²) in [6.07, 6.45) is -1.26. The van der Waals surface area contributed by atoms with Gasteiger partial charge in [0.2, 0.25) is 0 Å². The van der Waals surface area contributed by atoms with Gasteiger partial charge in [-0.05, 0) is 18.9 Å². The van der Waals surface area contributed by atoms with Gasteiger partial charge in [-0.25, -0.2) is 0 Å². The average Bonchev–Trinajstić information content (AvgIpc) is 2.68. The molecule has 12 nitrogen and oxygen atoms in total. The van der Waals surface area contributed by atoms with Crippen LogP contribution >= 0.6 is 0 Å². The van der Waals surface area contributed by atoms with Gasteiger partial charge in [0.05, 0.1) is 40.4 Å². The highest BCUT2D eigenvalue weighted by molar-refractivity contribution is 5.73. The summed E-state index contributed by atoms with van der Waals surface area (Å²) in [7, 11) is 5.66. The molecule has 0 bridgehead atoms. The standard InChI is InChI=1S/C9H11NO2.C7H15NO3.C3H8O2.C2H5NO2/c10-8(9(11)12)6-7-4-2-1-3-5-7;1-8(2,3)5-6(9)4-7(10)11;1-3(5)2-4;3-1-2(4)5/h1-5,8H,6,10H2,(H,11,12);6,9H,4-5H2,1-3H3;3-5H,2H2,1H3;1,3H2,(H,4,5). The van der Waals surface area contributed by atoms with Gasteiger partial charge in [-0.2, -0.15) is 0 Å².